The second-order valence-corrected chi connectivity index (χ2v) is 9.60. The third-order valence-electron chi connectivity index (χ3n) is 5.22. The maximum Gasteiger partial charge on any atom is 0.251 e. The van der Waals surface area contributed by atoms with Crippen LogP contribution < -0.4 is 9.62 Å². The predicted octanol–water partition coefficient (Wildman–Crippen LogP) is 4.88. The highest BCUT2D eigenvalue weighted by Crippen LogP contribution is 2.25. The Hall–Kier alpha value is -2.48. The molecule has 0 saturated carbocycles. The Morgan fingerprint density at radius 2 is 1.77 bits per heavy atom. The molecule has 2 rings (SSSR count). The van der Waals surface area contributed by atoms with Crippen LogP contribution >= 0.6 is 0 Å². The van der Waals surface area contributed by atoms with Gasteiger partial charge in [0.15, 0.2) is 0 Å². The number of carbonyl (C=O) groups is 1. The van der Waals surface area contributed by atoms with Crippen molar-refractivity contribution < 1.29 is 22.0 Å². The molecule has 0 heterocycles. The van der Waals surface area contributed by atoms with E-state index in [2.05, 4.69) is 19.2 Å². The van der Waals surface area contributed by atoms with Gasteiger partial charge in [-0.1, -0.05) is 45.2 Å². The minimum atomic E-state index is -3.82. The zero-order chi connectivity index (χ0) is 23.0. The van der Waals surface area contributed by atoms with Crippen LogP contribution in [0.1, 0.15) is 55.5 Å². The molecule has 0 saturated heterocycles. The van der Waals surface area contributed by atoms with Gasteiger partial charge >= 0.3 is 0 Å². The zero-order valence-corrected chi connectivity index (χ0v) is 19.0. The number of unbranched alkanes of at least 4 members (excludes halogenated alkanes) is 1. The van der Waals surface area contributed by atoms with Gasteiger partial charge in [0.2, 0.25) is 10.0 Å². The summed E-state index contributed by atoms with van der Waals surface area (Å²) in [7, 11) is -3.82. The van der Waals surface area contributed by atoms with Crippen LogP contribution in [0.5, 0.6) is 0 Å². The summed E-state index contributed by atoms with van der Waals surface area (Å²) in [5.41, 5.74) is 0.802. The molecule has 0 aromatic heterocycles. The van der Waals surface area contributed by atoms with Crippen molar-refractivity contribution >= 4 is 21.6 Å². The topological polar surface area (TPSA) is 66.5 Å². The van der Waals surface area contributed by atoms with E-state index in [1.54, 1.807) is 24.3 Å². The van der Waals surface area contributed by atoms with Crippen LogP contribution in [0.2, 0.25) is 0 Å². The van der Waals surface area contributed by atoms with Crippen molar-refractivity contribution in [1.29, 1.82) is 0 Å². The number of rotatable bonds is 11. The van der Waals surface area contributed by atoms with Crippen LogP contribution in [0, 0.1) is 17.6 Å². The molecule has 1 amide bonds. The molecule has 31 heavy (non-hydrogen) atoms. The van der Waals surface area contributed by atoms with E-state index in [9.17, 15) is 22.0 Å². The largest absolute Gasteiger partial charge is 0.352 e. The minimum absolute atomic E-state index is 0.141. The number of benzene rings is 2. The Labute approximate surface area is 183 Å². The number of carbonyl (C=O) groups excluding carboxylic acids is 1. The van der Waals surface area contributed by atoms with Crippen molar-refractivity contribution in [3.8, 4) is 0 Å². The van der Waals surface area contributed by atoms with Crippen LogP contribution in [-0.2, 0) is 16.6 Å². The van der Waals surface area contributed by atoms with Gasteiger partial charge in [-0.3, -0.25) is 9.10 Å². The minimum Gasteiger partial charge on any atom is -0.352 e. The number of hydrogen-bond donors (Lipinski definition) is 1. The molecule has 5 nitrogen and oxygen atoms in total. The number of hydrogen-bond acceptors (Lipinski definition) is 3. The van der Waals surface area contributed by atoms with Crippen molar-refractivity contribution in [2.75, 3.05) is 17.1 Å². The molecule has 2 aromatic rings. The van der Waals surface area contributed by atoms with Crippen molar-refractivity contribution in [1.82, 2.24) is 5.32 Å². The molecule has 0 fully saturated rings. The van der Waals surface area contributed by atoms with Crippen molar-refractivity contribution in [2.45, 2.75) is 46.1 Å². The third-order valence-corrected chi connectivity index (χ3v) is 6.34. The summed E-state index contributed by atoms with van der Waals surface area (Å²) >= 11 is 0. The lowest BCUT2D eigenvalue weighted by atomic mass is 9.99. The van der Waals surface area contributed by atoms with E-state index >= 15 is 0 Å². The molecule has 0 bridgehead atoms. The summed E-state index contributed by atoms with van der Waals surface area (Å²) in [5.74, 6) is -1.50. The van der Waals surface area contributed by atoms with Gasteiger partial charge in [0.25, 0.3) is 5.91 Å². The average Bonchev–Trinajstić information content (AvgIpc) is 2.72. The van der Waals surface area contributed by atoms with E-state index in [1.807, 2.05) is 0 Å². The molecule has 0 aliphatic rings. The number of amides is 1. The lowest BCUT2D eigenvalue weighted by Crippen LogP contribution is -2.30. The molecular formula is C23H30F2N2O3S. The molecule has 0 spiro atoms. The normalized spacial score (nSPS) is 12.4. The van der Waals surface area contributed by atoms with E-state index in [0.717, 1.165) is 48.4 Å². The summed E-state index contributed by atoms with van der Waals surface area (Å²) in [5, 5.41) is 2.95. The Morgan fingerprint density at radius 1 is 1.10 bits per heavy atom. The quantitative estimate of drug-likeness (QED) is 0.529. The van der Waals surface area contributed by atoms with E-state index in [4.69, 9.17) is 0 Å². The van der Waals surface area contributed by atoms with Crippen LogP contribution in [-0.4, -0.2) is 27.1 Å². The van der Waals surface area contributed by atoms with Crippen molar-refractivity contribution in [2.24, 2.45) is 5.92 Å². The molecule has 0 aliphatic carbocycles. The highest BCUT2D eigenvalue weighted by molar-refractivity contribution is 7.92. The van der Waals surface area contributed by atoms with Crippen molar-refractivity contribution in [3.05, 3.63) is 65.2 Å². The van der Waals surface area contributed by atoms with Gasteiger partial charge in [-0.2, -0.15) is 0 Å². The number of anilines is 1. The lowest BCUT2D eigenvalue weighted by Gasteiger charge is -2.23. The SMILES string of the molecule is CCCC[C@H](CC)CNC(=O)c1ccc(CN(c2ccc(F)cc2F)S(C)(=O)=O)cc1. The van der Waals surface area contributed by atoms with Gasteiger partial charge in [-0.15, -0.1) is 0 Å². The Bertz CT molecular complexity index is 979. The highest BCUT2D eigenvalue weighted by atomic mass is 32.2. The molecule has 0 aliphatic heterocycles. The highest BCUT2D eigenvalue weighted by Gasteiger charge is 2.22. The summed E-state index contributed by atoms with van der Waals surface area (Å²) in [6, 6.07) is 9.22. The fourth-order valence-corrected chi connectivity index (χ4v) is 4.16. The van der Waals surface area contributed by atoms with Crippen molar-refractivity contribution in [3.63, 3.8) is 0 Å². The molecule has 1 N–H and O–H groups in total. The summed E-state index contributed by atoms with van der Waals surface area (Å²) in [6.07, 6.45) is 5.29. The fourth-order valence-electron chi connectivity index (χ4n) is 3.27. The van der Waals surface area contributed by atoms with Gasteiger partial charge in [0, 0.05) is 18.2 Å². The summed E-state index contributed by atoms with van der Waals surface area (Å²) in [4.78, 5) is 12.4. The smallest absolute Gasteiger partial charge is 0.251 e. The predicted molar refractivity (Wildman–Crippen MR) is 119 cm³/mol. The van der Waals surface area contributed by atoms with Gasteiger partial charge < -0.3 is 5.32 Å². The Kier molecular flexibility index (Phi) is 8.98. The maximum absolute atomic E-state index is 14.2. The molecule has 0 unspecified atom stereocenters. The van der Waals surface area contributed by atoms with Gasteiger partial charge in [-0.05, 0) is 42.2 Å². The van der Waals surface area contributed by atoms with Gasteiger partial charge in [-0.25, -0.2) is 17.2 Å². The standard InChI is InChI=1S/C23H30F2N2O3S/c1-4-6-7-17(5-2)15-26-23(28)19-10-8-18(9-11-19)16-27(31(3,29)30)22-13-12-20(24)14-21(22)25/h8-14,17H,4-7,15-16H2,1-3H3,(H,26,28)/t17-/m0/s1. The second-order valence-electron chi connectivity index (χ2n) is 7.69. The number of halogens is 2. The first kappa shape index (κ1) is 24.8. The monoisotopic (exact) mass is 452 g/mol. The first-order valence-electron chi connectivity index (χ1n) is 10.5. The average molecular weight is 453 g/mol. The molecular weight excluding hydrogens is 422 g/mol. The van der Waals surface area contributed by atoms with Gasteiger partial charge in [0.05, 0.1) is 18.5 Å². The van der Waals surface area contributed by atoms with Crippen LogP contribution in [0.15, 0.2) is 42.5 Å². The lowest BCUT2D eigenvalue weighted by molar-refractivity contribution is 0.0946. The van der Waals surface area contributed by atoms with Crippen LogP contribution in [0.25, 0.3) is 0 Å². The fraction of sp³-hybridized carbons (Fsp3) is 0.435. The van der Waals surface area contributed by atoms with Crippen LogP contribution in [0.3, 0.4) is 0 Å². The molecule has 2 aromatic carbocycles. The van der Waals surface area contributed by atoms with E-state index in [0.29, 0.717) is 29.7 Å². The first-order chi connectivity index (χ1) is 14.7. The zero-order valence-electron chi connectivity index (χ0n) is 18.2. The number of sulfonamides is 1. The summed E-state index contributed by atoms with van der Waals surface area (Å²) in [6.45, 7) is 4.72. The third kappa shape index (κ3) is 7.31. The summed E-state index contributed by atoms with van der Waals surface area (Å²) < 4.78 is 52.6. The van der Waals surface area contributed by atoms with E-state index in [-0.39, 0.29) is 18.1 Å². The van der Waals surface area contributed by atoms with E-state index in [1.165, 1.54) is 0 Å². The van der Waals surface area contributed by atoms with Crippen LogP contribution in [0.4, 0.5) is 14.5 Å². The van der Waals surface area contributed by atoms with Gasteiger partial charge in [0.1, 0.15) is 11.6 Å². The molecule has 1 atom stereocenters. The maximum atomic E-state index is 14.2. The van der Waals surface area contributed by atoms with E-state index < -0.39 is 21.7 Å². The first-order valence-corrected chi connectivity index (χ1v) is 12.3. The molecule has 170 valence electrons. The second kappa shape index (κ2) is 11.2. The number of nitrogens with zero attached hydrogens (tertiary/aromatic N) is 1. The Balaban J connectivity index is 2.09. The molecule has 0 radical (unpaired) electrons. The molecule has 8 heteroatoms. The Morgan fingerprint density at radius 3 is 2.32 bits per heavy atom. The number of nitrogens with one attached hydrogen (secondary N) is 1.